The smallest absolute Gasteiger partial charge is 0.300 e. The Kier molecular flexibility index (Phi) is 17.4. The molecule has 1 unspecified atom stereocenters. The van der Waals surface area contributed by atoms with E-state index in [2.05, 4.69) is 49.1 Å². The van der Waals surface area contributed by atoms with E-state index < -0.39 is 5.97 Å². The first-order valence-electron chi connectivity index (χ1n) is 13.0. The van der Waals surface area contributed by atoms with E-state index in [4.69, 9.17) is 14.6 Å². The number of hydrogen-bond donors (Lipinski definition) is 1. The van der Waals surface area contributed by atoms with E-state index in [1.54, 1.807) is 0 Å². The molecule has 4 heteroatoms. The van der Waals surface area contributed by atoms with Crippen LogP contribution in [0.5, 0.6) is 5.75 Å². The van der Waals surface area contributed by atoms with Crippen LogP contribution in [0.25, 0.3) is 0 Å². The number of carbonyl (C=O) groups excluding carboxylic acids is 1. The zero-order valence-electron chi connectivity index (χ0n) is 22.4. The highest BCUT2D eigenvalue weighted by Crippen LogP contribution is 2.51. The molecule has 0 aromatic heterocycles. The molecule has 1 fully saturated rings. The van der Waals surface area contributed by atoms with Gasteiger partial charge in [0.25, 0.3) is 5.97 Å². The van der Waals surface area contributed by atoms with Crippen molar-refractivity contribution in [3.8, 4) is 17.6 Å². The molecule has 2 aliphatic rings. The SMILES string of the molecule is CC.CC.CC#CCC(C)C/C=C/[C@H]1CC[C@@H]2Oc3c(CCCC=O)cccc3[C@@H]21.CC(=O)O. The Morgan fingerprint density at radius 3 is 2.53 bits per heavy atom. The van der Waals surface area contributed by atoms with Gasteiger partial charge in [0.05, 0.1) is 0 Å². The van der Waals surface area contributed by atoms with Gasteiger partial charge in [-0.2, -0.15) is 0 Å². The molecule has 1 aliphatic heterocycles. The predicted molar refractivity (Wildman–Crippen MR) is 142 cm³/mol. The molecule has 1 saturated carbocycles. The van der Waals surface area contributed by atoms with Crippen molar-refractivity contribution in [1.82, 2.24) is 0 Å². The Hall–Kier alpha value is -2.54. The van der Waals surface area contributed by atoms with Gasteiger partial charge in [0.1, 0.15) is 18.1 Å². The summed E-state index contributed by atoms with van der Waals surface area (Å²) in [6.07, 6.45) is 13.0. The topological polar surface area (TPSA) is 63.6 Å². The lowest BCUT2D eigenvalue weighted by Crippen LogP contribution is -2.14. The molecular formula is C30H46O4. The second-order valence-electron chi connectivity index (χ2n) is 8.24. The molecule has 1 aliphatic carbocycles. The maximum atomic E-state index is 10.6. The molecule has 1 N–H and O–H groups in total. The van der Waals surface area contributed by atoms with Gasteiger partial charge in [0, 0.05) is 31.2 Å². The number of para-hydroxylation sites is 1. The number of rotatable bonds is 8. The molecule has 1 heterocycles. The van der Waals surface area contributed by atoms with Crippen molar-refractivity contribution in [1.29, 1.82) is 0 Å². The van der Waals surface area contributed by atoms with Crippen LogP contribution in [-0.4, -0.2) is 23.5 Å². The Morgan fingerprint density at radius 2 is 1.91 bits per heavy atom. The fraction of sp³-hybridized carbons (Fsp3) is 0.600. The molecule has 0 amide bonds. The highest BCUT2D eigenvalue weighted by atomic mass is 16.5. The van der Waals surface area contributed by atoms with Crippen LogP contribution >= 0.6 is 0 Å². The first-order valence-corrected chi connectivity index (χ1v) is 13.0. The largest absolute Gasteiger partial charge is 0.489 e. The number of ether oxygens (including phenoxy) is 1. The first kappa shape index (κ1) is 31.5. The van der Waals surface area contributed by atoms with Gasteiger partial charge in [-0.15, -0.1) is 11.8 Å². The Bertz CT molecular complexity index is 796. The number of carboxylic acid groups (broad SMARTS) is 1. The van der Waals surface area contributed by atoms with Gasteiger partial charge in [-0.05, 0) is 56.4 Å². The molecule has 0 bridgehead atoms. The third kappa shape index (κ3) is 10.6. The lowest BCUT2D eigenvalue weighted by molar-refractivity contribution is -0.134. The van der Waals surface area contributed by atoms with Crippen molar-refractivity contribution in [2.75, 3.05) is 0 Å². The Morgan fingerprint density at radius 1 is 1.24 bits per heavy atom. The van der Waals surface area contributed by atoms with Crippen LogP contribution in [0, 0.1) is 23.7 Å². The third-order valence-corrected chi connectivity index (χ3v) is 5.72. The van der Waals surface area contributed by atoms with Crippen LogP contribution in [0.15, 0.2) is 30.4 Å². The molecular weight excluding hydrogens is 424 g/mol. The lowest BCUT2D eigenvalue weighted by Gasteiger charge is -2.14. The molecule has 1 aromatic carbocycles. The summed E-state index contributed by atoms with van der Waals surface area (Å²) in [7, 11) is 0. The molecule has 0 spiro atoms. The highest BCUT2D eigenvalue weighted by molar-refractivity contribution is 5.63. The maximum absolute atomic E-state index is 10.6. The molecule has 1 aromatic rings. The number of carboxylic acids is 1. The fourth-order valence-corrected chi connectivity index (χ4v) is 4.35. The number of unbranched alkanes of at least 4 members (excludes halogenated alkanes) is 1. The number of aliphatic carboxylic acids is 1. The lowest BCUT2D eigenvalue weighted by atomic mass is 9.87. The minimum absolute atomic E-state index is 0.329. The molecule has 4 atom stereocenters. The van der Waals surface area contributed by atoms with Crippen molar-refractivity contribution < 1.29 is 19.4 Å². The summed E-state index contributed by atoms with van der Waals surface area (Å²) in [5.74, 6) is 8.13. The predicted octanol–water partition coefficient (Wildman–Crippen LogP) is 7.60. The maximum Gasteiger partial charge on any atom is 0.300 e. The fourth-order valence-electron chi connectivity index (χ4n) is 4.35. The van der Waals surface area contributed by atoms with Crippen LogP contribution < -0.4 is 4.74 Å². The number of hydrogen-bond acceptors (Lipinski definition) is 3. The Labute approximate surface area is 208 Å². The van der Waals surface area contributed by atoms with Crippen molar-refractivity contribution in [3.05, 3.63) is 41.5 Å². The summed E-state index contributed by atoms with van der Waals surface area (Å²) < 4.78 is 6.36. The van der Waals surface area contributed by atoms with Crippen molar-refractivity contribution >= 4 is 12.3 Å². The van der Waals surface area contributed by atoms with Crippen LogP contribution in [0.1, 0.15) is 104 Å². The molecule has 190 valence electrons. The molecule has 34 heavy (non-hydrogen) atoms. The summed E-state index contributed by atoms with van der Waals surface area (Å²) in [6.45, 7) is 13.3. The molecule has 4 nitrogen and oxygen atoms in total. The van der Waals surface area contributed by atoms with Crippen molar-refractivity contribution in [3.63, 3.8) is 0 Å². The monoisotopic (exact) mass is 470 g/mol. The minimum atomic E-state index is -0.833. The minimum Gasteiger partial charge on any atom is -0.489 e. The second kappa shape index (κ2) is 18.8. The van der Waals surface area contributed by atoms with Crippen LogP contribution in [-0.2, 0) is 16.0 Å². The average Bonchev–Trinajstić information content (AvgIpc) is 3.40. The van der Waals surface area contributed by atoms with Crippen LogP contribution in [0.2, 0.25) is 0 Å². The van der Waals surface area contributed by atoms with Gasteiger partial charge in [0.2, 0.25) is 0 Å². The van der Waals surface area contributed by atoms with E-state index in [9.17, 15) is 4.79 Å². The van der Waals surface area contributed by atoms with Crippen molar-refractivity contribution in [2.45, 2.75) is 105 Å². The van der Waals surface area contributed by atoms with E-state index in [0.29, 0.717) is 30.3 Å². The zero-order chi connectivity index (χ0) is 25.9. The van der Waals surface area contributed by atoms with E-state index >= 15 is 0 Å². The van der Waals surface area contributed by atoms with E-state index in [1.807, 2.05) is 34.6 Å². The molecule has 0 saturated heterocycles. The van der Waals surface area contributed by atoms with Crippen LogP contribution in [0.3, 0.4) is 0 Å². The molecule has 3 rings (SSSR count). The van der Waals surface area contributed by atoms with Gasteiger partial charge in [-0.25, -0.2) is 0 Å². The second-order valence-corrected chi connectivity index (χ2v) is 8.24. The number of benzene rings is 1. The number of aryl methyl sites for hydroxylation is 1. The first-order chi connectivity index (χ1) is 16.5. The van der Waals surface area contributed by atoms with Gasteiger partial charge in [-0.1, -0.05) is 65.0 Å². The number of allylic oxidation sites excluding steroid dienone is 2. The number of carbonyl (C=O) groups is 2. The van der Waals surface area contributed by atoms with Gasteiger partial charge >= 0.3 is 0 Å². The summed E-state index contributed by atoms with van der Waals surface area (Å²) in [4.78, 5) is 19.6. The standard InChI is InChI=1S/C24H30O2.C2H4O2.2C2H6/c1-3-4-9-18(2)10-7-12-19-15-16-22-23(19)21-14-8-13-20(24(21)26-22)11-5-6-17-25;1-2(3)4;2*1-2/h7-8,12-14,17-19,22-23H,5-6,9-11,15-16H2,1-2H3;1H3,(H,3,4);2*1-2H3/b12-7+;;;/t18?,19-,22-,23-;;;/m0.../s1. The van der Waals surface area contributed by atoms with E-state index in [0.717, 1.165) is 51.1 Å². The summed E-state index contributed by atoms with van der Waals surface area (Å²) in [5.41, 5.74) is 2.66. The van der Waals surface area contributed by atoms with Gasteiger partial charge in [-0.3, -0.25) is 4.79 Å². The summed E-state index contributed by atoms with van der Waals surface area (Å²) >= 11 is 0. The zero-order valence-corrected chi connectivity index (χ0v) is 22.4. The van der Waals surface area contributed by atoms with Crippen LogP contribution in [0.4, 0.5) is 0 Å². The average molecular weight is 471 g/mol. The van der Waals surface area contributed by atoms with Gasteiger partial charge in [0.15, 0.2) is 0 Å². The quantitative estimate of drug-likeness (QED) is 0.184. The Balaban J connectivity index is 0.00000121. The van der Waals surface area contributed by atoms with Gasteiger partial charge < -0.3 is 14.6 Å². The van der Waals surface area contributed by atoms with E-state index in [-0.39, 0.29) is 0 Å². The normalized spacial score (nSPS) is 19.8. The number of aldehydes is 1. The number of fused-ring (bicyclic) bond motifs is 3. The summed E-state index contributed by atoms with van der Waals surface area (Å²) in [6, 6.07) is 6.56. The molecule has 0 radical (unpaired) electrons. The van der Waals surface area contributed by atoms with Crippen molar-refractivity contribution in [2.24, 2.45) is 11.8 Å². The third-order valence-electron chi connectivity index (χ3n) is 5.72. The summed E-state index contributed by atoms with van der Waals surface area (Å²) in [5, 5.41) is 7.42. The van der Waals surface area contributed by atoms with E-state index in [1.165, 1.54) is 17.5 Å². The highest BCUT2D eigenvalue weighted by Gasteiger charge is 2.44.